The second-order valence-corrected chi connectivity index (χ2v) is 3.82. The van der Waals surface area contributed by atoms with Crippen LogP contribution in [0.1, 0.15) is 52.4 Å². The predicted molar refractivity (Wildman–Crippen MR) is 55.6 cm³/mol. The SMILES string of the molecule is CCCCC(CC)CC(O)CCO. The van der Waals surface area contributed by atoms with Gasteiger partial charge in [-0.1, -0.05) is 39.5 Å². The first-order chi connectivity index (χ1) is 6.24. The van der Waals surface area contributed by atoms with Crippen molar-refractivity contribution in [2.45, 2.75) is 58.5 Å². The maximum Gasteiger partial charge on any atom is 0.0564 e. The van der Waals surface area contributed by atoms with E-state index in [2.05, 4.69) is 13.8 Å². The Hall–Kier alpha value is -0.0800. The van der Waals surface area contributed by atoms with E-state index in [9.17, 15) is 5.11 Å². The predicted octanol–water partition coefficient (Wildman–Crippen LogP) is 2.34. The zero-order valence-corrected chi connectivity index (χ0v) is 9.00. The first kappa shape index (κ1) is 12.9. The van der Waals surface area contributed by atoms with Crippen molar-refractivity contribution in [2.75, 3.05) is 6.61 Å². The maximum atomic E-state index is 9.49. The number of aliphatic hydroxyl groups is 2. The molecule has 80 valence electrons. The lowest BCUT2D eigenvalue weighted by molar-refractivity contribution is 0.105. The van der Waals surface area contributed by atoms with E-state index in [1.807, 2.05) is 0 Å². The lowest BCUT2D eigenvalue weighted by Gasteiger charge is -2.17. The monoisotopic (exact) mass is 188 g/mol. The molecule has 0 aliphatic heterocycles. The molecule has 0 heterocycles. The van der Waals surface area contributed by atoms with Gasteiger partial charge in [0.15, 0.2) is 0 Å². The second-order valence-electron chi connectivity index (χ2n) is 3.82. The minimum absolute atomic E-state index is 0.103. The lowest BCUT2D eigenvalue weighted by Crippen LogP contribution is -2.14. The Bertz CT molecular complexity index is 104. The van der Waals surface area contributed by atoms with Crippen molar-refractivity contribution < 1.29 is 10.2 Å². The third-order valence-corrected chi connectivity index (χ3v) is 2.61. The molecular formula is C11H24O2. The van der Waals surface area contributed by atoms with E-state index in [1.165, 1.54) is 19.3 Å². The van der Waals surface area contributed by atoms with E-state index in [-0.39, 0.29) is 12.7 Å². The molecule has 2 nitrogen and oxygen atoms in total. The Morgan fingerprint density at radius 1 is 1.15 bits per heavy atom. The Morgan fingerprint density at radius 2 is 1.85 bits per heavy atom. The molecule has 0 aromatic rings. The van der Waals surface area contributed by atoms with Gasteiger partial charge in [0.05, 0.1) is 6.10 Å². The van der Waals surface area contributed by atoms with Gasteiger partial charge in [-0.15, -0.1) is 0 Å². The fourth-order valence-corrected chi connectivity index (χ4v) is 1.63. The van der Waals surface area contributed by atoms with E-state index in [0.29, 0.717) is 12.3 Å². The zero-order chi connectivity index (χ0) is 10.1. The van der Waals surface area contributed by atoms with Crippen LogP contribution in [0.4, 0.5) is 0 Å². The third-order valence-electron chi connectivity index (χ3n) is 2.61. The summed E-state index contributed by atoms with van der Waals surface area (Å²) in [6.07, 6.45) is 5.93. The van der Waals surface area contributed by atoms with Gasteiger partial charge >= 0.3 is 0 Å². The van der Waals surface area contributed by atoms with Gasteiger partial charge in [0.2, 0.25) is 0 Å². The van der Waals surface area contributed by atoms with Crippen molar-refractivity contribution in [2.24, 2.45) is 5.92 Å². The molecule has 2 unspecified atom stereocenters. The van der Waals surface area contributed by atoms with Gasteiger partial charge in [-0.05, 0) is 18.8 Å². The summed E-state index contributed by atoms with van der Waals surface area (Å²) in [5.74, 6) is 0.640. The van der Waals surface area contributed by atoms with Gasteiger partial charge in [-0.2, -0.15) is 0 Å². The summed E-state index contributed by atoms with van der Waals surface area (Å²) >= 11 is 0. The second kappa shape index (κ2) is 8.52. The van der Waals surface area contributed by atoms with E-state index >= 15 is 0 Å². The van der Waals surface area contributed by atoms with E-state index in [0.717, 1.165) is 12.8 Å². The summed E-state index contributed by atoms with van der Waals surface area (Å²) in [5, 5.41) is 18.1. The van der Waals surface area contributed by atoms with Gasteiger partial charge in [0, 0.05) is 6.61 Å². The fourth-order valence-electron chi connectivity index (χ4n) is 1.63. The fraction of sp³-hybridized carbons (Fsp3) is 1.00. The van der Waals surface area contributed by atoms with Crippen LogP contribution in [0.2, 0.25) is 0 Å². The van der Waals surface area contributed by atoms with Crippen molar-refractivity contribution in [3.63, 3.8) is 0 Å². The lowest BCUT2D eigenvalue weighted by atomic mass is 9.92. The Morgan fingerprint density at radius 3 is 2.31 bits per heavy atom. The molecule has 13 heavy (non-hydrogen) atoms. The van der Waals surface area contributed by atoms with Gasteiger partial charge in [0.1, 0.15) is 0 Å². The van der Waals surface area contributed by atoms with E-state index < -0.39 is 0 Å². The van der Waals surface area contributed by atoms with Crippen LogP contribution in [0.3, 0.4) is 0 Å². The van der Waals surface area contributed by atoms with Crippen molar-refractivity contribution in [3.05, 3.63) is 0 Å². The van der Waals surface area contributed by atoms with Gasteiger partial charge in [0.25, 0.3) is 0 Å². The summed E-state index contributed by atoms with van der Waals surface area (Å²) in [5.41, 5.74) is 0. The summed E-state index contributed by atoms with van der Waals surface area (Å²) in [6, 6.07) is 0. The first-order valence-corrected chi connectivity index (χ1v) is 5.53. The highest BCUT2D eigenvalue weighted by atomic mass is 16.3. The third kappa shape index (κ3) is 7.03. The van der Waals surface area contributed by atoms with Crippen LogP contribution >= 0.6 is 0 Å². The topological polar surface area (TPSA) is 40.5 Å². The highest BCUT2D eigenvalue weighted by Gasteiger charge is 2.11. The highest BCUT2D eigenvalue weighted by Crippen LogP contribution is 2.19. The zero-order valence-electron chi connectivity index (χ0n) is 9.00. The van der Waals surface area contributed by atoms with Gasteiger partial charge in [-0.25, -0.2) is 0 Å². The van der Waals surface area contributed by atoms with Gasteiger partial charge < -0.3 is 10.2 Å². The first-order valence-electron chi connectivity index (χ1n) is 5.53. The molecule has 0 aliphatic rings. The van der Waals surface area contributed by atoms with Crippen molar-refractivity contribution >= 4 is 0 Å². The molecule has 0 spiro atoms. The van der Waals surface area contributed by atoms with E-state index in [1.54, 1.807) is 0 Å². The minimum atomic E-state index is -0.299. The van der Waals surface area contributed by atoms with Crippen molar-refractivity contribution in [1.29, 1.82) is 0 Å². The molecule has 0 saturated carbocycles. The maximum absolute atomic E-state index is 9.49. The summed E-state index contributed by atoms with van der Waals surface area (Å²) < 4.78 is 0. The smallest absolute Gasteiger partial charge is 0.0564 e. The molecule has 0 aromatic carbocycles. The van der Waals surface area contributed by atoms with Crippen LogP contribution in [0.15, 0.2) is 0 Å². The summed E-state index contributed by atoms with van der Waals surface area (Å²) in [7, 11) is 0. The standard InChI is InChI=1S/C11H24O2/c1-3-5-6-10(4-2)9-11(13)7-8-12/h10-13H,3-9H2,1-2H3. The average Bonchev–Trinajstić information content (AvgIpc) is 2.12. The van der Waals surface area contributed by atoms with Crippen molar-refractivity contribution in [1.82, 2.24) is 0 Å². The van der Waals surface area contributed by atoms with Crippen LogP contribution in [-0.2, 0) is 0 Å². The normalized spacial score (nSPS) is 15.7. The largest absolute Gasteiger partial charge is 0.396 e. The summed E-state index contributed by atoms with van der Waals surface area (Å²) in [6.45, 7) is 4.47. The minimum Gasteiger partial charge on any atom is -0.396 e. The number of hydrogen-bond donors (Lipinski definition) is 2. The molecular weight excluding hydrogens is 164 g/mol. The molecule has 2 atom stereocenters. The van der Waals surface area contributed by atoms with Crippen LogP contribution < -0.4 is 0 Å². The van der Waals surface area contributed by atoms with E-state index in [4.69, 9.17) is 5.11 Å². The molecule has 0 aromatic heterocycles. The van der Waals surface area contributed by atoms with Crippen LogP contribution in [-0.4, -0.2) is 22.9 Å². The molecule has 0 fully saturated rings. The number of hydrogen-bond acceptors (Lipinski definition) is 2. The van der Waals surface area contributed by atoms with Gasteiger partial charge in [-0.3, -0.25) is 0 Å². The quantitative estimate of drug-likeness (QED) is 0.614. The molecule has 2 heteroatoms. The van der Waals surface area contributed by atoms with Crippen LogP contribution in [0.25, 0.3) is 0 Å². The van der Waals surface area contributed by atoms with Crippen LogP contribution in [0, 0.1) is 5.92 Å². The number of unbranched alkanes of at least 4 members (excludes halogenated alkanes) is 1. The molecule has 2 N–H and O–H groups in total. The molecule has 0 aliphatic carbocycles. The van der Waals surface area contributed by atoms with Crippen LogP contribution in [0.5, 0.6) is 0 Å². The molecule has 0 bridgehead atoms. The molecule has 0 radical (unpaired) electrons. The Balaban J connectivity index is 3.56. The average molecular weight is 188 g/mol. The summed E-state index contributed by atoms with van der Waals surface area (Å²) in [4.78, 5) is 0. The number of rotatable bonds is 8. The number of aliphatic hydroxyl groups excluding tert-OH is 2. The molecule has 0 saturated heterocycles. The Kier molecular flexibility index (Phi) is 8.46. The highest BCUT2D eigenvalue weighted by molar-refractivity contribution is 4.64. The Labute approximate surface area is 82.0 Å². The molecule has 0 rings (SSSR count). The molecule has 0 amide bonds. The van der Waals surface area contributed by atoms with Crippen molar-refractivity contribution in [3.8, 4) is 0 Å².